The van der Waals surface area contributed by atoms with Gasteiger partial charge in [-0.15, -0.1) is 0 Å². The third-order valence-electron chi connectivity index (χ3n) is 7.63. The van der Waals surface area contributed by atoms with Gasteiger partial charge in [0.05, 0.1) is 20.3 Å². The summed E-state index contributed by atoms with van der Waals surface area (Å²) in [5, 5.41) is 112. The predicted molar refractivity (Wildman–Crippen MR) is 148 cm³/mol. The van der Waals surface area contributed by atoms with Crippen LogP contribution in [0.1, 0.15) is 0 Å². The molecule has 0 unspecified atom stereocenters. The van der Waals surface area contributed by atoms with Gasteiger partial charge >= 0.3 is 0 Å². The van der Waals surface area contributed by atoms with Gasteiger partial charge in [-0.05, 0) is 12.1 Å². The van der Waals surface area contributed by atoms with E-state index in [9.17, 15) is 61.0 Å². The van der Waals surface area contributed by atoms with Gasteiger partial charge in [-0.25, -0.2) is 0 Å². The minimum atomic E-state index is -2.08. The molecular formula is C28H32O18. The maximum Gasteiger partial charge on any atom is 0.239 e. The molecule has 11 N–H and O–H groups in total. The molecular weight excluding hydrogens is 624 g/mol. The zero-order valence-corrected chi connectivity index (χ0v) is 23.8. The number of phenolic OH excluding ortho intramolecular Hbond substituents is 4. The molecule has 252 valence electrons. The number of hydrogen-bond acceptors (Lipinski definition) is 18. The molecule has 2 aliphatic heterocycles. The predicted octanol–water partition coefficient (Wildman–Crippen LogP) is -2.71. The fraction of sp³-hybridized carbons (Fsp3) is 0.464. The van der Waals surface area contributed by atoms with E-state index in [2.05, 4.69) is 0 Å². The van der Waals surface area contributed by atoms with Crippen molar-refractivity contribution in [3.8, 4) is 45.8 Å². The molecule has 18 heteroatoms. The maximum absolute atomic E-state index is 13.7. The molecule has 3 heterocycles. The number of aromatic hydroxyl groups is 4. The molecule has 0 radical (unpaired) electrons. The van der Waals surface area contributed by atoms with Crippen LogP contribution in [0.25, 0.3) is 22.3 Å². The average molecular weight is 657 g/mol. The summed E-state index contributed by atoms with van der Waals surface area (Å²) >= 11 is 0. The van der Waals surface area contributed by atoms with Crippen LogP contribution in [0.4, 0.5) is 0 Å². The van der Waals surface area contributed by atoms with Crippen molar-refractivity contribution in [1.82, 2.24) is 0 Å². The van der Waals surface area contributed by atoms with Crippen molar-refractivity contribution >= 4 is 11.0 Å². The standard InChI is InChI=1S/C28H32O18/c1-41-24-11(33)2-8(3-12(24)34)23-26(18(36)16-10(32)4-9(31)5-13(16)42-23)46-28-22(40)20(38)25(15(7-30)44-28)45-27-21(39)19(37)17(35)14(6-29)43-27/h2-5,14-15,17,19-22,25,27-35,37-40H,6-7H2,1H3/t14-,15-,17-,19+,20-,21-,22-,25-,27+,28+/m0/s1. The van der Waals surface area contributed by atoms with E-state index in [1.807, 2.05) is 0 Å². The molecule has 2 aromatic carbocycles. The van der Waals surface area contributed by atoms with Crippen molar-refractivity contribution in [2.45, 2.75) is 61.4 Å². The van der Waals surface area contributed by atoms with Crippen LogP contribution in [-0.2, 0) is 14.2 Å². The second kappa shape index (κ2) is 13.0. The number of benzene rings is 2. The summed E-state index contributed by atoms with van der Waals surface area (Å²) in [5.41, 5.74) is -1.64. The van der Waals surface area contributed by atoms with Crippen LogP contribution >= 0.6 is 0 Å². The van der Waals surface area contributed by atoms with E-state index in [4.69, 9.17) is 28.1 Å². The normalized spacial score (nSPS) is 31.6. The Morgan fingerprint density at radius 1 is 0.717 bits per heavy atom. The number of phenols is 4. The van der Waals surface area contributed by atoms with Crippen molar-refractivity contribution in [3.05, 3.63) is 34.5 Å². The molecule has 18 nitrogen and oxygen atoms in total. The molecule has 5 rings (SSSR count). The quantitative estimate of drug-likeness (QED) is 0.117. The van der Waals surface area contributed by atoms with E-state index in [0.717, 1.165) is 24.3 Å². The van der Waals surface area contributed by atoms with Gasteiger partial charge in [0.1, 0.15) is 71.3 Å². The van der Waals surface area contributed by atoms with E-state index in [1.54, 1.807) is 0 Å². The van der Waals surface area contributed by atoms with E-state index < -0.39 is 120 Å². The van der Waals surface area contributed by atoms with E-state index in [0.29, 0.717) is 0 Å². The Labute approximate surface area is 257 Å². The summed E-state index contributed by atoms with van der Waals surface area (Å²) in [7, 11) is 1.17. The maximum atomic E-state index is 13.7. The lowest BCUT2D eigenvalue weighted by molar-refractivity contribution is -0.352. The third-order valence-corrected chi connectivity index (χ3v) is 7.63. The van der Waals surface area contributed by atoms with Crippen molar-refractivity contribution in [1.29, 1.82) is 0 Å². The molecule has 10 atom stereocenters. The summed E-state index contributed by atoms with van der Waals surface area (Å²) in [5.74, 6) is -4.02. The number of ether oxygens (including phenoxy) is 5. The Balaban J connectivity index is 1.52. The zero-order valence-electron chi connectivity index (χ0n) is 23.8. The first-order chi connectivity index (χ1) is 21.8. The molecule has 1 aromatic heterocycles. The van der Waals surface area contributed by atoms with Gasteiger partial charge < -0.3 is 84.3 Å². The van der Waals surface area contributed by atoms with Crippen LogP contribution in [0.15, 0.2) is 33.5 Å². The van der Waals surface area contributed by atoms with Gasteiger partial charge in [-0.3, -0.25) is 4.79 Å². The molecule has 0 amide bonds. The van der Waals surface area contributed by atoms with Crippen molar-refractivity contribution in [3.63, 3.8) is 0 Å². The van der Waals surface area contributed by atoms with Crippen molar-refractivity contribution in [2.24, 2.45) is 0 Å². The fourth-order valence-electron chi connectivity index (χ4n) is 5.27. The highest BCUT2D eigenvalue weighted by atomic mass is 16.7. The SMILES string of the molecule is COc1c(O)cc(-c2oc3cc(O)cc(O)c3c(=O)c2O[C@H]2O[C@@H](CO)[C@H](O[C@H]3O[C@@H](CO)[C@H](O)[C@@H](O)[C@@H]3O)[C@@H](O)[C@@H]2O)cc1O. The highest BCUT2D eigenvalue weighted by Crippen LogP contribution is 2.43. The van der Waals surface area contributed by atoms with Gasteiger partial charge in [0.15, 0.2) is 23.5 Å². The Morgan fingerprint density at radius 2 is 1.33 bits per heavy atom. The zero-order chi connectivity index (χ0) is 33.6. The van der Waals surface area contributed by atoms with Gasteiger partial charge in [-0.2, -0.15) is 0 Å². The molecule has 0 bridgehead atoms. The summed E-state index contributed by atoms with van der Waals surface area (Å²) in [6, 6.07) is 3.87. The average Bonchev–Trinajstić information content (AvgIpc) is 3.01. The van der Waals surface area contributed by atoms with E-state index in [-0.39, 0.29) is 16.9 Å². The van der Waals surface area contributed by atoms with Crippen LogP contribution in [0.3, 0.4) is 0 Å². The minimum absolute atomic E-state index is 0.194. The highest BCUT2D eigenvalue weighted by Gasteiger charge is 2.51. The number of aliphatic hydroxyl groups excluding tert-OH is 7. The molecule has 0 aliphatic carbocycles. The lowest BCUT2D eigenvalue weighted by atomic mass is 9.97. The first-order valence-corrected chi connectivity index (χ1v) is 13.7. The summed E-state index contributed by atoms with van der Waals surface area (Å²) in [6.45, 7) is -1.70. The fourth-order valence-corrected chi connectivity index (χ4v) is 5.27. The minimum Gasteiger partial charge on any atom is -0.508 e. The van der Waals surface area contributed by atoms with Gasteiger partial charge in [0.2, 0.25) is 23.2 Å². The van der Waals surface area contributed by atoms with Gasteiger partial charge in [-0.1, -0.05) is 0 Å². The molecule has 3 aromatic rings. The van der Waals surface area contributed by atoms with Crippen LogP contribution in [-0.4, -0.2) is 138 Å². The Morgan fingerprint density at radius 3 is 1.93 bits per heavy atom. The van der Waals surface area contributed by atoms with Crippen LogP contribution in [0, 0.1) is 0 Å². The second-order valence-corrected chi connectivity index (χ2v) is 10.6. The molecule has 0 saturated carbocycles. The first kappa shape index (κ1) is 33.4. The second-order valence-electron chi connectivity index (χ2n) is 10.6. The van der Waals surface area contributed by atoms with Crippen LogP contribution in [0.5, 0.6) is 34.5 Å². The summed E-state index contributed by atoms with van der Waals surface area (Å²) in [6.07, 6.45) is -17.9. The number of methoxy groups -OCH3 is 1. The Kier molecular flexibility index (Phi) is 9.47. The molecule has 2 saturated heterocycles. The van der Waals surface area contributed by atoms with E-state index in [1.165, 1.54) is 7.11 Å². The lowest BCUT2D eigenvalue weighted by Gasteiger charge is -2.45. The van der Waals surface area contributed by atoms with Crippen LogP contribution < -0.4 is 14.9 Å². The summed E-state index contributed by atoms with van der Waals surface area (Å²) in [4.78, 5) is 13.7. The number of hydrogen-bond donors (Lipinski definition) is 11. The largest absolute Gasteiger partial charge is 0.508 e. The topological polar surface area (TPSA) is 299 Å². The van der Waals surface area contributed by atoms with Gasteiger partial charge in [0.25, 0.3) is 0 Å². The number of aliphatic hydroxyl groups is 7. The van der Waals surface area contributed by atoms with Crippen LogP contribution in [0.2, 0.25) is 0 Å². The molecule has 46 heavy (non-hydrogen) atoms. The van der Waals surface area contributed by atoms with E-state index >= 15 is 0 Å². The number of fused-ring (bicyclic) bond motifs is 1. The molecule has 0 spiro atoms. The summed E-state index contributed by atoms with van der Waals surface area (Å²) < 4.78 is 32.7. The molecule has 2 fully saturated rings. The van der Waals surface area contributed by atoms with Gasteiger partial charge in [0, 0.05) is 17.7 Å². The monoisotopic (exact) mass is 656 g/mol. The number of rotatable bonds is 8. The smallest absolute Gasteiger partial charge is 0.239 e. The van der Waals surface area contributed by atoms with Crippen molar-refractivity contribution in [2.75, 3.05) is 20.3 Å². The lowest BCUT2D eigenvalue weighted by Crippen LogP contribution is -2.65. The Bertz CT molecular complexity index is 1600. The Hall–Kier alpha value is -3.95. The van der Waals surface area contributed by atoms with Crippen molar-refractivity contribution < 1.29 is 84.3 Å². The first-order valence-electron chi connectivity index (χ1n) is 13.7. The highest BCUT2D eigenvalue weighted by molar-refractivity contribution is 5.88. The third kappa shape index (κ3) is 5.86. The molecule has 2 aliphatic rings.